The predicted molar refractivity (Wildman–Crippen MR) is 108 cm³/mol. The molecule has 8 nitrogen and oxygen atoms in total. The van der Waals surface area contributed by atoms with Gasteiger partial charge in [-0.3, -0.25) is 19.3 Å². The topological polar surface area (TPSA) is 114 Å². The fraction of sp³-hybridized carbons (Fsp3) is 0.550. The third kappa shape index (κ3) is 5.14. The number of hydrogen-bond donors (Lipinski definition) is 2. The lowest BCUT2D eigenvalue weighted by Gasteiger charge is -2.30. The highest BCUT2D eigenvalue weighted by Gasteiger charge is 2.30. The van der Waals surface area contributed by atoms with Gasteiger partial charge in [-0.2, -0.15) is 0 Å². The molecule has 1 saturated carbocycles. The zero-order chi connectivity index (χ0) is 21.0. The van der Waals surface area contributed by atoms with E-state index in [0.29, 0.717) is 11.5 Å². The smallest absolute Gasteiger partial charge is 0.308 e. The lowest BCUT2D eigenvalue weighted by Crippen LogP contribution is -2.46. The summed E-state index contributed by atoms with van der Waals surface area (Å²) >= 11 is 0. The fourth-order valence-electron chi connectivity index (χ4n) is 3.65. The molecule has 1 amide bonds. The molecular weight excluding hydrogens is 394 g/mol. The van der Waals surface area contributed by atoms with Crippen molar-refractivity contribution in [1.29, 1.82) is 0 Å². The van der Waals surface area contributed by atoms with Gasteiger partial charge in [0.1, 0.15) is 5.84 Å². The highest BCUT2D eigenvalue weighted by atomic mass is 32.2. The van der Waals surface area contributed by atoms with E-state index in [1.165, 1.54) is 12.5 Å². The SMILES string of the molecule is C[C@H](OC(=O)CCN=C1NS(=O)(=O)c2ccccc21)C(=O)N[C@H]1CCCC[C@@H]1C. The van der Waals surface area contributed by atoms with Crippen LogP contribution in [0.15, 0.2) is 34.2 Å². The number of esters is 1. The largest absolute Gasteiger partial charge is 0.452 e. The number of sulfonamides is 1. The Kier molecular flexibility index (Phi) is 6.56. The third-order valence-corrected chi connectivity index (χ3v) is 6.76. The van der Waals surface area contributed by atoms with E-state index in [1.807, 2.05) is 0 Å². The van der Waals surface area contributed by atoms with Gasteiger partial charge < -0.3 is 10.1 Å². The lowest BCUT2D eigenvalue weighted by atomic mass is 9.86. The van der Waals surface area contributed by atoms with Gasteiger partial charge in [-0.25, -0.2) is 8.42 Å². The van der Waals surface area contributed by atoms with Crippen LogP contribution in [0.5, 0.6) is 0 Å². The van der Waals surface area contributed by atoms with E-state index in [2.05, 4.69) is 22.0 Å². The molecule has 9 heteroatoms. The first-order chi connectivity index (χ1) is 13.8. The molecule has 0 aromatic heterocycles. The molecule has 1 aliphatic carbocycles. The van der Waals surface area contributed by atoms with E-state index < -0.39 is 22.1 Å². The second-order valence-electron chi connectivity index (χ2n) is 7.59. The maximum absolute atomic E-state index is 12.3. The van der Waals surface area contributed by atoms with Crippen LogP contribution in [0.2, 0.25) is 0 Å². The molecule has 1 aromatic rings. The number of ether oxygens (including phenoxy) is 1. The Labute approximate surface area is 171 Å². The summed E-state index contributed by atoms with van der Waals surface area (Å²) in [6.45, 7) is 3.72. The summed E-state index contributed by atoms with van der Waals surface area (Å²) in [5.41, 5.74) is 0.482. The number of aliphatic imine (C=N–C) groups is 1. The Morgan fingerprint density at radius 1 is 1.28 bits per heavy atom. The number of amides is 1. The summed E-state index contributed by atoms with van der Waals surface area (Å²) in [6, 6.07) is 6.64. The van der Waals surface area contributed by atoms with Gasteiger partial charge in [0, 0.05) is 11.6 Å². The first kappa shape index (κ1) is 21.3. The van der Waals surface area contributed by atoms with Crippen LogP contribution in [0.4, 0.5) is 0 Å². The van der Waals surface area contributed by atoms with Crippen molar-refractivity contribution in [1.82, 2.24) is 10.0 Å². The summed E-state index contributed by atoms with van der Waals surface area (Å²) in [5.74, 6) is -0.210. The van der Waals surface area contributed by atoms with Gasteiger partial charge in [0.25, 0.3) is 15.9 Å². The zero-order valence-corrected chi connectivity index (χ0v) is 17.5. The molecule has 1 aromatic carbocycles. The maximum Gasteiger partial charge on any atom is 0.308 e. The number of amidine groups is 1. The minimum atomic E-state index is -3.60. The summed E-state index contributed by atoms with van der Waals surface area (Å²) in [4.78, 5) is 28.7. The standard InChI is InChI=1S/C20H27N3O5S/c1-13-7-3-5-9-16(13)22-20(25)14(2)28-18(24)11-12-21-19-15-8-4-6-10-17(15)29(26,27)23-19/h4,6,8,10,13-14,16H,3,5,7,9,11-12H2,1-2H3,(H,21,23)(H,22,25)/t13-,14-,16-/m0/s1. The molecule has 1 aliphatic heterocycles. The van der Waals surface area contributed by atoms with Crippen LogP contribution in [0.3, 0.4) is 0 Å². The molecule has 0 saturated heterocycles. The summed E-state index contributed by atoms with van der Waals surface area (Å²) < 4.78 is 31.7. The monoisotopic (exact) mass is 421 g/mol. The molecule has 0 unspecified atom stereocenters. The highest BCUT2D eigenvalue weighted by Crippen LogP contribution is 2.24. The summed E-state index contributed by atoms with van der Waals surface area (Å²) in [6.07, 6.45) is 3.38. The number of carbonyl (C=O) groups excluding carboxylic acids is 2. The van der Waals surface area contributed by atoms with Gasteiger partial charge in [0.05, 0.1) is 17.9 Å². The first-order valence-electron chi connectivity index (χ1n) is 9.94. The number of rotatable bonds is 6. The molecule has 3 atom stereocenters. The van der Waals surface area contributed by atoms with Crippen LogP contribution < -0.4 is 10.0 Å². The number of nitrogens with one attached hydrogen (secondary N) is 2. The van der Waals surface area contributed by atoms with Crippen molar-refractivity contribution in [2.45, 2.75) is 63.0 Å². The van der Waals surface area contributed by atoms with E-state index in [4.69, 9.17) is 4.74 Å². The minimum absolute atomic E-state index is 0.0507. The van der Waals surface area contributed by atoms with Gasteiger partial charge in [-0.1, -0.05) is 31.9 Å². The molecule has 0 spiro atoms. The Morgan fingerprint density at radius 3 is 2.76 bits per heavy atom. The van der Waals surface area contributed by atoms with Crippen LogP contribution in [-0.4, -0.2) is 44.8 Å². The molecule has 3 rings (SSSR count). The Morgan fingerprint density at radius 2 is 2.00 bits per heavy atom. The number of carbonyl (C=O) groups is 2. The van der Waals surface area contributed by atoms with Gasteiger partial charge in [-0.05, 0) is 37.8 Å². The molecule has 0 radical (unpaired) electrons. The fourth-order valence-corrected chi connectivity index (χ4v) is 4.90. The van der Waals surface area contributed by atoms with E-state index in [-0.39, 0.29) is 35.6 Å². The van der Waals surface area contributed by atoms with E-state index in [0.717, 1.165) is 19.3 Å². The van der Waals surface area contributed by atoms with E-state index in [1.54, 1.807) is 25.1 Å². The van der Waals surface area contributed by atoms with Gasteiger partial charge >= 0.3 is 5.97 Å². The molecule has 29 heavy (non-hydrogen) atoms. The van der Waals surface area contributed by atoms with Crippen molar-refractivity contribution in [2.75, 3.05) is 6.54 Å². The van der Waals surface area contributed by atoms with Crippen molar-refractivity contribution >= 4 is 27.7 Å². The Balaban J connectivity index is 1.49. The Hall–Kier alpha value is -2.42. The molecular formula is C20H27N3O5S. The number of fused-ring (bicyclic) bond motifs is 1. The number of benzene rings is 1. The molecule has 1 fully saturated rings. The number of hydrogen-bond acceptors (Lipinski definition) is 6. The molecule has 2 N–H and O–H groups in total. The van der Waals surface area contributed by atoms with Crippen LogP contribution in [-0.2, 0) is 24.3 Å². The zero-order valence-electron chi connectivity index (χ0n) is 16.7. The number of nitrogens with zero attached hydrogens (tertiary/aromatic N) is 1. The van der Waals surface area contributed by atoms with Crippen molar-refractivity contribution in [3.63, 3.8) is 0 Å². The Bertz CT molecular complexity index is 912. The van der Waals surface area contributed by atoms with Gasteiger partial charge in [0.2, 0.25) is 0 Å². The maximum atomic E-state index is 12.3. The van der Waals surface area contributed by atoms with E-state index in [9.17, 15) is 18.0 Å². The lowest BCUT2D eigenvalue weighted by molar-refractivity contribution is -0.155. The van der Waals surface area contributed by atoms with Crippen LogP contribution >= 0.6 is 0 Å². The molecule has 0 bridgehead atoms. The average Bonchev–Trinajstić information content (AvgIpc) is 2.94. The molecule has 1 heterocycles. The van der Waals surface area contributed by atoms with Crippen LogP contribution in [0, 0.1) is 5.92 Å². The second kappa shape index (κ2) is 8.94. The quantitative estimate of drug-likeness (QED) is 0.679. The molecule has 2 aliphatic rings. The van der Waals surface area contributed by atoms with E-state index >= 15 is 0 Å². The van der Waals surface area contributed by atoms with Crippen molar-refractivity contribution in [3.05, 3.63) is 29.8 Å². The first-order valence-corrected chi connectivity index (χ1v) is 11.4. The average molecular weight is 422 g/mol. The second-order valence-corrected chi connectivity index (χ2v) is 9.24. The molecule has 158 valence electrons. The third-order valence-electron chi connectivity index (χ3n) is 5.37. The summed E-state index contributed by atoms with van der Waals surface area (Å²) in [7, 11) is -3.60. The summed E-state index contributed by atoms with van der Waals surface area (Å²) in [5, 5.41) is 2.97. The van der Waals surface area contributed by atoms with Crippen molar-refractivity contribution in [2.24, 2.45) is 10.9 Å². The van der Waals surface area contributed by atoms with Gasteiger partial charge in [0.15, 0.2) is 6.10 Å². The highest BCUT2D eigenvalue weighted by molar-refractivity contribution is 7.90. The predicted octanol–water partition coefficient (Wildman–Crippen LogP) is 1.74. The van der Waals surface area contributed by atoms with Crippen molar-refractivity contribution in [3.8, 4) is 0 Å². The van der Waals surface area contributed by atoms with Crippen LogP contribution in [0.1, 0.15) is 51.5 Å². The minimum Gasteiger partial charge on any atom is -0.452 e. The normalized spacial score (nSPS) is 25.0. The van der Waals surface area contributed by atoms with Crippen molar-refractivity contribution < 1.29 is 22.7 Å². The van der Waals surface area contributed by atoms with Crippen LogP contribution in [0.25, 0.3) is 0 Å². The van der Waals surface area contributed by atoms with Gasteiger partial charge in [-0.15, -0.1) is 0 Å².